The van der Waals surface area contributed by atoms with Gasteiger partial charge in [-0.3, -0.25) is 9.59 Å². The Morgan fingerprint density at radius 3 is 0.878 bits per heavy atom. The van der Waals surface area contributed by atoms with Crippen molar-refractivity contribution in [2.45, 2.75) is 328 Å². The highest BCUT2D eigenvalue weighted by Crippen LogP contribution is 2.18. The molecule has 0 heterocycles. The second-order valence-electron chi connectivity index (χ2n) is 21.5. The number of ether oxygens (including phenoxy) is 2. The summed E-state index contributed by atoms with van der Waals surface area (Å²) in [6, 6.07) is 0. The van der Waals surface area contributed by atoms with Crippen LogP contribution in [0.3, 0.4) is 0 Å². The molecular formula is C69H122O5. The van der Waals surface area contributed by atoms with Gasteiger partial charge in [0, 0.05) is 12.8 Å². The number of carbonyl (C=O) groups excluding carboxylic acids is 2. The summed E-state index contributed by atoms with van der Waals surface area (Å²) in [5, 5.41) is 9.67. The van der Waals surface area contributed by atoms with Gasteiger partial charge >= 0.3 is 11.9 Å². The van der Waals surface area contributed by atoms with Gasteiger partial charge in [0.25, 0.3) is 0 Å². The van der Waals surface area contributed by atoms with E-state index in [1.54, 1.807) is 0 Å². The van der Waals surface area contributed by atoms with Crippen molar-refractivity contribution in [2.24, 2.45) is 0 Å². The number of rotatable bonds is 59. The summed E-state index contributed by atoms with van der Waals surface area (Å²) in [5.41, 5.74) is 0. The minimum Gasteiger partial charge on any atom is -0.462 e. The van der Waals surface area contributed by atoms with Crippen LogP contribution < -0.4 is 0 Å². The van der Waals surface area contributed by atoms with Crippen LogP contribution in [0.15, 0.2) is 85.1 Å². The number of allylic oxidation sites excluding steroid dienone is 14. The highest BCUT2D eigenvalue weighted by Gasteiger charge is 2.16. The fourth-order valence-corrected chi connectivity index (χ4v) is 9.42. The van der Waals surface area contributed by atoms with Crippen LogP contribution in [0.5, 0.6) is 0 Å². The van der Waals surface area contributed by atoms with Gasteiger partial charge in [0.1, 0.15) is 6.61 Å². The molecule has 0 rings (SSSR count). The lowest BCUT2D eigenvalue weighted by atomic mass is 10.0. The normalized spacial score (nSPS) is 12.7. The molecule has 5 nitrogen and oxygen atoms in total. The molecule has 0 fully saturated rings. The Morgan fingerprint density at radius 1 is 0.324 bits per heavy atom. The first-order valence-corrected chi connectivity index (χ1v) is 32.1. The average Bonchev–Trinajstić information content (AvgIpc) is 3.40. The summed E-state index contributed by atoms with van der Waals surface area (Å²) >= 11 is 0. The van der Waals surface area contributed by atoms with Gasteiger partial charge in [-0.2, -0.15) is 0 Å². The summed E-state index contributed by atoms with van der Waals surface area (Å²) in [7, 11) is 0. The van der Waals surface area contributed by atoms with E-state index in [2.05, 4.69) is 98.9 Å². The Morgan fingerprint density at radius 2 is 0.581 bits per heavy atom. The minimum atomic E-state index is -0.795. The second-order valence-corrected chi connectivity index (χ2v) is 21.5. The molecule has 5 heteroatoms. The third-order valence-electron chi connectivity index (χ3n) is 14.2. The van der Waals surface area contributed by atoms with E-state index in [4.69, 9.17) is 9.47 Å². The molecule has 0 saturated carbocycles. The smallest absolute Gasteiger partial charge is 0.306 e. The van der Waals surface area contributed by atoms with Crippen LogP contribution in [0.1, 0.15) is 322 Å². The zero-order chi connectivity index (χ0) is 53.4. The van der Waals surface area contributed by atoms with Crippen LogP contribution in [0.4, 0.5) is 0 Å². The molecule has 0 radical (unpaired) electrons. The molecule has 0 amide bonds. The number of hydrogen-bond donors (Lipinski definition) is 1. The molecule has 1 N–H and O–H groups in total. The predicted octanol–water partition coefficient (Wildman–Crippen LogP) is 22.1. The fourth-order valence-electron chi connectivity index (χ4n) is 9.42. The van der Waals surface area contributed by atoms with Crippen LogP contribution in [-0.2, 0) is 19.1 Å². The Hall–Kier alpha value is -2.92. The topological polar surface area (TPSA) is 72.8 Å². The Bertz CT molecular complexity index is 1350. The first kappa shape index (κ1) is 71.1. The van der Waals surface area contributed by atoms with E-state index in [1.165, 1.54) is 205 Å². The number of aliphatic hydroxyl groups excluding tert-OH is 1. The molecule has 0 aliphatic rings. The summed E-state index contributed by atoms with van der Waals surface area (Å²) in [6.45, 7) is 4.03. The molecule has 428 valence electrons. The van der Waals surface area contributed by atoms with Gasteiger partial charge in [-0.25, -0.2) is 0 Å². The monoisotopic (exact) mass is 1030 g/mol. The molecule has 0 spiro atoms. The van der Waals surface area contributed by atoms with Crippen molar-refractivity contribution in [1.29, 1.82) is 0 Å². The highest BCUT2D eigenvalue weighted by molar-refractivity contribution is 5.70. The summed E-state index contributed by atoms with van der Waals surface area (Å²) in [6.07, 6.45) is 90.3. The first-order valence-electron chi connectivity index (χ1n) is 32.1. The van der Waals surface area contributed by atoms with Gasteiger partial charge in [-0.15, -0.1) is 0 Å². The van der Waals surface area contributed by atoms with E-state index < -0.39 is 6.10 Å². The zero-order valence-electron chi connectivity index (χ0n) is 49.1. The standard InChI is InChI=1S/C69H122O5/c1-3-5-7-9-11-13-15-17-19-21-23-25-27-29-30-31-32-33-34-35-36-37-38-40-41-43-45-47-49-51-53-55-57-59-61-63-68(71)73-66-67(65-70)74-69(72)64-62-60-58-56-54-52-50-48-46-44-42-39-28-26-24-22-20-18-16-14-12-10-8-6-4-2/h6,8,12,14,18,20,24,26,39,42,46,48,52,54,67,70H,3-5,7,9-11,13,15-17,19,21-23,25,27-38,40-41,43-45,47,49-51,53,55-66H2,1-2H3/b8-6-,14-12-,20-18-,26-24-,42-39-,48-46-,54-52-. The number of carbonyl (C=O) groups is 2. The zero-order valence-corrected chi connectivity index (χ0v) is 49.1. The van der Waals surface area contributed by atoms with Gasteiger partial charge in [0.2, 0.25) is 0 Å². The maximum absolute atomic E-state index is 12.3. The molecule has 1 unspecified atom stereocenters. The van der Waals surface area contributed by atoms with Crippen LogP contribution in [0.25, 0.3) is 0 Å². The number of unbranched alkanes of at least 4 members (excludes halogenated alkanes) is 37. The minimum absolute atomic E-state index is 0.0810. The van der Waals surface area contributed by atoms with Crippen LogP contribution in [-0.4, -0.2) is 36.4 Å². The molecule has 1 atom stereocenters. The van der Waals surface area contributed by atoms with E-state index in [1.807, 2.05) is 0 Å². The SMILES string of the molecule is CC/C=C\C/C=C\C/C=C\C/C=C\C/C=C\C/C=C\C/C=C\CCCCCC(=O)OC(CO)COC(=O)CCCCCCCCCCCCCCCCCCCCCCCCCCCCCCCCCCCCC. The third kappa shape index (κ3) is 61.6. The summed E-state index contributed by atoms with van der Waals surface area (Å²) < 4.78 is 10.7. The van der Waals surface area contributed by atoms with Gasteiger partial charge in [-0.1, -0.05) is 324 Å². The Labute approximate surface area is 460 Å². The molecule has 0 aliphatic carbocycles. The van der Waals surface area contributed by atoms with E-state index in [0.717, 1.165) is 89.9 Å². The number of esters is 2. The molecule has 74 heavy (non-hydrogen) atoms. The van der Waals surface area contributed by atoms with Crippen LogP contribution in [0, 0.1) is 0 Å². The van der Waals surface area contributed by atoms with Crippen molar-refractivity contribution in [3.05, 3.63) is 85.1 Å². The van der Waals surface area contributed by atoms with E-state index >= 15 is 0 Å². The number of hydrogen-bond acceptors (Lipinski definition) is 5. The third-order valence-corrected chi connectivity index (χ3v) is 14.2. The largest absolute Gasteiger partial charge is 0.462 e. The maximum Gasteiger partial charge on any atom is 0.306 e. The first-order chi connectivity index (χ1) is 36.6. The molecule has 0 bridgehead atoms. The van der Waals surface area contributed by atoms with Crippen molar-refractivity contribution in [2.75, 3.05) is 13.2 Å². The molecule has 0 aromatic rings. The maximum atomic E-state index is 12.3. The van der Waals surface area contributed by atoms with Crippen LogP contribution >= 0.6 is 0 Å². The molecule has 0 aromatic heterocycles. The molecule has 0 saturated heterocycles. The Balaban J connectivity index is 3.47. The van der Waals surface area contributed by atoms with E-state index in [0.29, 0.717) is 12.8 Å². The van der Waals surface area contributed by atoms with Crippen molar-refractivity contribution in [1.82, 2.24) is 0 Å². The lowest BCUT2D eigenvalue weighted by Gasteiger charge is -2.15. The van der Waals surface area contributed by atoms with Crippen LogP contribution in [0.2, 0.25) is 0 Å². The quantitative estimate of drug-likeness (QED) is 0.0373. The van der Waals surface area contributed by atoms with E-state index in [-0.39, 0.29) is 25.2 Å². The van der Waals surface area contributed by atoms with Crippen molar-refractivity contribution >= 4 is 11.9 Å². The lowest BCUT2D eigenvalue weighted by molar-refractivity contribution is -0.161. The van der Waals surface area contributed by atoms with Gasteiger partial charge < -0.3 is 14.6 Å². The van der Waals surface area contributed by atoms with Crippen molar-refractivity contribution < 1.29 is 24.2 Å². The predicted molar refractivity (Wildman–Crippen MR) is 325 cm³/mol. The molecular weight excluding hydrogens is 909 g/mol. The Kier molecular flexibility index (Phi) is 61.8. The highest BCUT2D eigenvalue weighted by atomic mass is 16.6. The molecule has 0 aromatic carbocycles. The summed E-state index contributed by atoms with van der Waals surface area (Å²) in [5.74, 6) is -0.621. The summed E-state index contributed by atoms with van der Waals surface area (Å²) in [4.78, 5) is 24.6. The second kappa shape index (κ2) is 64.4. The van der Waals surface area contributed by atoms with Crippen molar-refractivity contribution in [3.63, 3.8) is 0 Å². The number of aliphatic hydroxyl groups is 1. The molecule has 0 aliphatic heterocycles. The van der Waals surface area contributed by atoms with Crippen molar-refractivity contribution in [3.8, 4) is 0 Å². The van der Waals surface area contributed by atoms with Gasteiger partial charge in [-0.05, 0) is 70.6 Å². The van der Waals surface area contributed by atoms with Gasteiger partial charge in [0.15, 0.2) is 6.10 Å². The lowest BCUT2D eigenvalue weighted by Crippen LogP contribution is -2.28. The average molecular weight is 1030 g/mol. The van der Waals surface area contributed by atoms with Gasteiger partial charge in [0.05, 0.1) is 6.61 Å². The van der Waals surface area contributed by atoms with E-state index in [9.17, 15) is 14.7 Å². The fraction of sp³-hybridized carbons (Fsp3) is 0.768.